The highest BCUT2D eigenvalue weighted by atomic mass is 14.6. The quantitative estimate of drug-likeness (QED) is 0.659. The SMILES string of the molecule is CCCC(CCCC(C)(C)C)c1cccnc1. The van der Waals surface area contributed by atoms with Gasteiger partial charge in [-0.2, -0.15) is 0 Å². The van der Waals surface area contributed by atoms with Crippen LogP contribution in [0.4, 0.5) is 0 Å². The Morgan fingerprint density at radius 3 is 2.53 bits per heavy atom. The zero-order valence-electron chi connectivity index (χ0n) is 11.9. The minimum absolute atomic E-state index is 0.464. The maximum atomic E-state index is 4.24. The van der Waals surface area contributed by atoms with Crippen molar-refractivity contribution >= 4 is 0 Å². The van der Waals surface area contributed by atoms with Gasteiger partial charge >= 0.3 is 0 Å². The Balaban J connectivity index is 2.50. The molecule has 0 saturated carbocycles. The van der Waals surface area contributed by atoms with Crippen LogP contribution >= 0.6 is 0 Å². The number of hydrogen-bond acceptors (Lipinski definition) is 1. The molecule has 0 aromatic carbocycles. The topological polar surface area (TPSA) is 12.9 Å². The van der Waals surface area contributed by atoms with E-state index in [9.17, 15) is 0 Å². The van der Waals surface area contributed by atoms with E-state index in [1.807, 2.05) is 12.4 Å². The van der Waals surface area contributed by atoms with Crippen molar-refractivity contribution in [2.24, 2.45) is 5.41 Å². The number of aromatic nitrogens is 1. The third kappa shape index (κ3) is 5.86. The molecular weight excluding hydrogens is 206 g/mol. The molecule has 0 N–H and O–H groups in total. The van der Waals surface area contributed by atoms with Crippen LogP contribution in [0, 0.1) is 5.41 Å². The molecule has 1 heterocycles. The molecule has 0 amide bonds. The fraction of sp³-hybridized carbons (Fsp3) is 0.688. The molecule has 1 aromatic rings. The summed E-state index contributed by atoms with van der Waals surface area (Å²) >= 11 is 0. The Hall–Kier alpha value is -0.850. The van der Waals surface area contributed by atoms with Crippen molar-refractivity contribution in [3.05, 3.63) is 30.1 Å². The molecule has 0 radical (unpaired) electrons. The van der Waals surface area contributed by atoms with Gasteiger partial charge in [0.1, 0.15) is 0 Å². The largest absolute Gasteiger partial charge is 0.264 e. The van der Waals surface area contributed by atoms with Crippen LogP contribution in [-0.4, -0.2) is 4.98 Å². The van der Waals surface area contributed by atoms with E-state index >= 15 is 0 Å². The van der Waals surface area contributed by atoms with Crippen LogP contribution in [-0.2, 0) is 0 Å². The van der Waals surface area contributed by atoms with E-state index < -0.39 is 0 Å². The summed E-state index contributed by atoms with van der Waals surface area (Å²) in [6.45, 7) is 9.25. The fourth-order valence-electron chi connectivity index (χ4n) is 2.32. The van der Waals surface area contributed by atoms with Crippen molar-refractivity contribution in [3.63, 3.8) is 0 Å². The normalized spacial score (nSPS) is 13.6. The van der Waals surface area contributed by atoms with Crippen molar-refractivity contribution in [2.75, 3.05) is 0 Å². The number of hydrogen-bond donors (Lipinski definition) is 0. The smallest absolute Gasteiger partial charge is 0.0302 e. The van der Waals surface area contributed by atoms with Crippen LogP contribution in [0.3, 0.4) is 0 Å². The zero-order chi connectivity index (χ0) is 12.7. The van der Waals surface area contributed by atoms with E-state index in [0.29, 0.717) is 11.3 Å². The zero-order valence-corrected chi connectivity index (χ0v) is 11.9. The summed E-state index contributed by atoms with van der Waals surface area (Å²) in [6, 6.07) is 4.28. The maximum Gasteiger partial charge on any atom is 0.0302 e. The second-order valence-electron chi connectivity index (χ2n) is 6.22. The van der Waals surface area contributed by atoms with Gasteiger partial charge in [-0.25, -0.2) is 0 Å². The number of nitrogens with zero attached hydrogens (tertiary/aromatic N) is 1. The van der Waals surface area contributed by atoms with Crippen LogP contribution in [0.2, 0.25) is 0 Å². The highest BCUT2D eigenvalue weighted by molar-refractivity contribution is 5.14. The first kappa shape index (κ1) is 14.2. The van der Waals surface area contributed by atoms with Crippen molar-refractivity contribution in [1.29, 1.82) is 0 Å². The van der Waals surface area contributed by atoms with Crippen molar-refractivity contribution < 1.29 is 0 Å². The number of rotatable bonds is 6. The Morgan fingerprint density at radius 1 is 1.24 bits per heavy atom. The summed E-state index contributed by atoms with van der Waals surface area (Å²) in [6.07, 6.45) is 10.4. The van der Waals surface area contributed by atoms with E-state index in [1.165, 1.54) is 37.7 Å². The predicted molar refractivity (Wildman–Crippen MR) is 75.2 cm³/mol. The third-order valence-corrected chi connectivity index (χ3v) is 3.27. The molecule has 0 aliphatic rings. The molecule has 96 valence electrons. The van der Waals surface area contributed by atoms with Crippen molar-refractivity contribution in [1.82, 2.24) is 4.98 Å². The minimum Gasteiger partial charge on any atom is -0.264 e. The van der Waals surface area contributed by atoms with E-state index in [1.54, 1.807) is 0 Å². The average Bonchev–Trinajstić information content (AvgIpc) is 2.27. The first-order chi connectivity index (χ1) is 8.03. The number of pyridine rings is 1. The van der Waals surface area contributed by atoms with Gasteiger partial charge in [0.2, 0.25) is 0 Å². The van der Waals surface area contributed by atoms with E-state index in [0.717, 1.165) is 0 Å². The summed E-state index contributed by atoms with van der Waals surface area (Å²) in [5, 5.41) is 0. The minimum atomic E-state index is 0.464. The molecule has 1 aromatic heterocycles. The van der Waals surface area contributed by atoms with Crippen LogP contribution in [0.25, 0.3) is 0 Å². The summed E-state index contributed by atoms with van der Waals surface area (Å²) in [5.41, 5.74) is 1.88. The van der Waals surface area contributed by atoms with Gasteiger partial charge in [-0.05, 0) is 42.2 Å². The molecule has 1 heteroatoms. The van der Waals surface area contributed by atoms with Crippen LogP contribution < -0.4 is 0 Å². The van der Waals surface area contributed by atoms with E-state index in [-0.39, 0.29) is 0 Å². The Kier molecular flexibility index (Phi) is 5.67. The Labute approximate surface area is 107 Å². The highest BCUT2D eigenvalue weighted by Crippen LogP contribution is 2.29. The third-order valence-electron chi connectivity index (χ3n) is 3.27. The molecule has 17 heavy (non-hydrogen) atoms. The summed E-state index contributed by atoms with van der Waals surface area (Å²) < 4.78 is 0. The fourth-order valence-corrected chi connectivity index (χ4v) is 2.32. The molecule has 0 spiro atoms. The van der Waals surface area contributed by atoms with Gasteiger partial charge in [0.05, 0.1) is 0 Å². The van der Waals surface area contributed by atoms with Crippen LogP contribution in [0.1, 0.15) is 71.3 Å². The Morgan fingerprint density at radius 2 is 2.00 bits per heavy atom. The van der Waals surface area contributed by atoms with Gasteiger partial charge in [0.25, 0.3) is 0 Å². The lowest BCUT2D eigenvalue weighted by atomic mass is 9.85. The summed E-state index contributed by atoms with van der Waals surface area (Å²) in [5.74, 6) is 0.705. The lowest BCUT2D eigenvalue weighted by Crippen LogP contribution is -2.06. The second kappa shape index (κ2) is 6.78. The second-order valence-corrected chi connectivity index (χ2v) is 6.22. The van der Waals surface area contributed by atoms with Crippen LogP contribution in [0.5, 0.6) is 0 Å². The van der Waals surface area contributed by atoms with Gasteiger partial charge in [0, 0.05) is 12.4 Å². The van der Waals surface area contributed by atoms with Gasteiger partial charge in [0.15, 0.2) is 0 Å². The summed E-state index contributed by atoms with van der Waals surface area (Å²) in [7, 11) is 0. The highest BCUT2D eigenvalue weighted by Gasteiger charge is 2.14. The lowest BCUT2D eigenvalue weighted by molar-refractivity contribution is 0.349. The van der Waals surface area contributed by atoms with Gasteiger partial charge in [-0.15, -0.1) is 0 Å². The van der Waals surface area contributed by atoms with Crippen molar-refractivity contribution in [2.45, 2.75) is 65.7 Å². The predicted octanol–water partition coefficient (Wildman–Crippen LogP) is 5.18. The van der Waals surface area contributed by atoms with Gasteiger partial charge in [-0.1, -0.05) is 46.6 Å². The molecule has 1 atom stereocenters. The lowest BCUT2D eigenvalue weighted by Gasteiger charge is -2.21. The van der Waals surface area contributed by atoms with Crippen molar-refractivity contribution in [3.8, 4) is 0 Å². The molecule has 0 bridgehead atoms. The van der Waals surface area contributed by atoms with Gasteiger partial charge in [-0.3, -0.25) is 4.98 Å². The molecule has 0 aliphatic heterocycles. The van der Waals surface area contributed by atoms with E-state index in [2.05, 4.69) is 44.8 Å². The standard InChI is InChI=1S/C16H27N/c1-5-8-14(9-6-11-16(2,3)4)15-10-7-12-17-13-15/h7,10,12-14H,5-6,8-9,11H2,1-4H3. The molecule has 1 rings (SSSR count). The first-order valence-electron chi connectivity index (χ1n) is 6.93. The molecule has 1 nitrogen and oxygen atoms in total. The van der Waals surface area contributed by atoms with Crippen LogP contribution in [0.15, 0.2) is 24.5 Å². The molecule has 0 saturated heterocycles. The maximum absolute atomic E-state index is 4.24. The summed E-state index contributed by atoms with van der Waals surface area (Å²) in [4.78, 5) is 4.24. The van der Waals surface area contributed by atoms with Gasteiger partial charge < -0.3 is 0 Å². The molecular formula is C16H27N. The Bertz CT molecular complexity index is 297. The van der Waals surface area contributed by atoms with E-state index in [4.69, 9.17) is 0 Å². The molecule has 0 aliphatic carbocycles. The monoisotopic (exact) mass is 233 g/mol. The average molecular weight is 233 g/mol. The molecule has 0 fully saturated rings. The first-order valence-corrected chi connectivity index (χ1v) is 6.93. The molecule has 1 unspecified atom stereocenters.